The monoisotopic (exact) mass is 446 g/mol. The van der Waals surface area contributed by atoms with Gasteiger partial charge in [-0.25, -0.2) is 22.8 Å². The van der Waals surface area contributed by atoms with Crippen LogP contribution in [0.4, 0.5) is 10.2 Å². The minimum absolute atomic E-state index is 0.0419. The number of nitrogen functional groups attached to an aromatic ring is 1. The number of anilines is 1. The Bertz CT molecular complexity index is 1580. The Morgan fingerprint density at radius 2 is 1.53 bits per heavy atom. The normalized spacial score (nSPS) is 11.9. The summed E-state index contributed by atoms with van der Waals surface area (Å²) < 4.78 is 42.2. The number of fused-ring (bicyclic) bond motifs is 2. The fourth-order valence-corrected chi connectivity index (χ4v) is 5.23. The number of hydrogen-bond acceptors (Lipinski definition) is 5. The lowest BCUT2D eigenvalue weighted by atomic mass is 10.2. The standard InChI is InChI=1S/C24H19FN4O2S/c1-15-6-12-18(13-7-15)32(30,31)22-21-24(28-20-5-3-2-4-19(20)27-21)29(23(22)26)14-16-8-10-17(25)11-9-16/h2-13H,14,26H2,1H3. The van der Waals surface area contributed by atoms with Gasteiger partial charge in [0, 0.05) is 0 Å². The lowest BCUT2D eigenvalue weighted by Gasteiger charge is -2.09. The van der Waals surface area contributed by atoms with Crippen LogP contribution in [0.5, 0.6) is 0 Å². The van der Waals surface area contributed by atoms with E-state index in [-0.39, 0.29) is 33.5 Å². The van der Waals surface area contributed by atoms with E-state index in [4.69, 9.17) is 5.73 Å². The van der Waals surface area contributed by atoms with Gasteiger partial charge in [-0.05, 0) is 48.9 Å². The summed E-state index contributed by atoms with van der Waals surface area (Å²) in [5.41, 5.74) is 9.90. The molecule has 0 aliphatic rings. The summed E-state index contributed by atoms with van der Waals surface area (Å²) in [5, 5.41) is 0. The molecular formula is C24H19FN4O2S. The lowest BCUT2D eigenvalue weighted by molar-refractivity contribution is 0.597. The second kappa shape index (κ2) is 7.42. The molecule has 8 heteroatoms. The molecule has 3 aromatic carbocycles. The van der Waals surface area contributed by atoms with Gasteiger partial charge in [-0.1, -0.05) is 42.0 Å². The first-order valence-corrected chi connectivity index (χ1v) is 11.4. The van der Waals surface area contributed by atoms with Crippen molar-refractivity contribution in [2.45, 2.75) is 23.3 Å². The molecule has 0 amide bonds. The Morgan fingerprint density at radius 1 is 0.906 bits per heavy atom. The molecule has 0 spiro atoms. The van der Waals surface area contributed by atoms with Gasteiger partial charge in [0.05, 0.1) is 22.5 Å². The first-order valence-electron chi connectivity index (χ1n) is 9.95. The molecule has 6 nitrogen and oxygen atoms in total. The van der Waals surface area contributed by atoms with Gasteiger partial charge in [0.25, 0.3) is 0 Å². The number of nitrogens with zero attached hydrogens (tertiary/aromatic N) is 3. The summed E-state index contributed by atoms with van der Waals surface area (Å²) in [5.74, 6) is -0.312. The number of hydrogen-bond donors (Lipinski definition) is 1. The molecule has 0 aliphatic heterocycles. The highest BCUT2D eigenvalue weighted by Crippen LogP contribution is 2.35. The van der Waals surface area contributed by atoms with E-state index >= 15 is 0 Å². The Hall–Kier alpha value is -3.78. The number of aryl methyl sites for hydroxylation is 1. The Morgan fingerprint density at radius 3 is 2.19 bits per heavy atom. The van der Waals surface area contributed by atoms with E-state index in [9.17, 15) is 12.8 Å². The van der Waals surface area contributed by atoms with Gasteiger partial charge in [-0.3, -0.25) is 0 Å². The van der Waals surface area contributed by atoms with Crippen LogP contribution in [0.25, 0.3) is 22.2 Å². The summed E-state index contributed by atoms with van der Waals surface area (Å²) in [6.45, 7) is 2.11. The van der Waals surface area contributed by atoms with Crippen LogP contribution in [0.1, 0.15) is 11.1 Å². The largest absolute Gasteiger partial charge is 0.384 e. The average Bonchev–Trinajstić information content (AvgIpc) is 3.05. The quantitative estimate of drug-likeness (QED) is 0.439. The molecule has 5 aromatic rings. The van der Waals surface area contributed by atoms with E-state index in [0.29, 0.717) is 16.7 Å². The maximum Gasteiger partial charge on any atom is 0.212 e. The van der Waals surface area contributed by atoms with E-state index in [1.54, 1.807) is 53.1 Å². The highest BCUT2D eigenvalue weighted by atomic mass is 32.2. The topological polar surface area (TPSA) is 90.9 Å². The fourth-order valence-electron chi connectivity index (χ4n) is 3.72. The molecule has 0 fully saturated rings. The minimum Gasteiger partial charge on any atom is -0.384 e. The number of nitrogens with two attached hydrogens (primary N) is 1. The van der Waals surface area contributed by atoms with Gasteiger partial charge in [-0.2, -0.15) is 0 Å². The number of benzene rings is 3. The fraction of sp³-hybridized carbons (Fsp3) is 0.0833. The summed E-state index contributed by atoms with van der Waals surface area (Å²) in [6, 6.07) is 19.8. The Labute approximate surface area is 184 Å². The zero-order chi connectivity index (χ0) is 22.5. The number of para-hydroxylation sites is 2. The van der Waals surface area contributed by atoms with Crippen LogP contribution >= 0.6 is 0 Å². The van der Waals surface area contributed by atoms with Crippen LogP contribution in [-0.4, -0.2) is 23.0 Å². The third-order valence-corrected chi connectivity index (χ3v) is 7.23. The first kappa shape index (κ1) is 20.1. The summed E-state index contributed by atoms with van der Waals surface area (Å²) in [4.78, 5) is 9.36. The van der Waals surface area contributed by atoms with Gasteiger partial charge < -0.3 is 10.3 Å². The Kier molecular flexibility index (Phi) is 4.67. The zero-order valence-electron chi connectivity index (χ0n) is 17.2. The van der Waals surface area contributed by atoms with Crippen molar-refractivity contribution >= 4 is 37.9 Å². The molecule has 2 heterocycles. The molecule has 0 bridgehead atoms. The molecular weight excluding hydrogens is 427 g/mol. The summed E-state index contributed by atoms with van der Waals surface area (Å²) in [6.07, 6.45) is 0. The van der Waals surface area contributed by atoms with E-state index < -0.39 is 9.84 Å². The van der Waals surface area contributed by atoms with Crippen LogP contribution in [-0.2, 0) is 16.4 Å². The van der Waals surface area contributed by atoms with Crippen LogP contribution < -0.4 is 5.73 Å². The maximum atomic E-state index is 13.6. The number of sulfone groups is 1. The molecule has 0 saturated carbocycles. The Balaban J connectivity index is 1.80. The van der Waals surface area contributed by atoms with E-state index in [2.05, 4.69) is 9.97 Å². The van der Waals surface area contributed by atoms with Crippen molar-refractivity contribution in [3.05, 3.63) is 89.7 Å². The van der Waals surface area contributed by atoms with Gasteiger partial charge in [0.2, 0.25) is 9.84 Å². The number of rotatable bonds is 4. The third kappa shape index (κ3) is 3.29. The molecule has 0 atom stereocenters. The second-order valence-electron chi connectivity index (χ2n) is 7.63. The van der Waals surface area contributed by atoms with Crippen LogP contribution in [0.2, 0.25) is 0 Å². The highest BCUT2D eigenvalue weighted by Gasteiger charge is 2.30. The number of halogens is 1. The van der Waals surface area contributed by atoms with Crippen LogP contribution in [0.15, 0.2) is 82.6 Å². The SMILES string of the molecule is Cc1ccc(S(=O)(=O)c2c(N)n(Cc3ccc(F)cc3)c3nc4ccccc4nc23)cc1. The molecule has 0 aliphatic carbocycles. The molecule has 0 saturated heterocycles. The molecule has 5 rings (SSSR count). The van der Waals surface area contributed by atoms with Crippen molar-refractivity contribution in [1.82, 2.24) is 14.5 Å². The van der Waals surface area contributed by atoms with E-state index in [1.165, 1.54) is 12.1 Å². The molecule has 2 N–H and O–H groups in total. The van der Waals surface area contributed by atoms with Crippen molar-refractivity contribution in [3.8, 4) is 0 Å². The van der Waals surface area contributed by atoms with Gasteiger partial charge in [0.1, 0.15) is 22.0 Å². The maximum absolute atomic E-state index is 13.6. The van der Waals surface area contributed by atoms with Crippen molar-refractivity contribution in [3.63, 3.8) is 0 Å². The van der Waals surface area contributed by atoms with Crippen molar-refractivity contribution in [2.75, 3.05) is 5.73 Å². The first-order chi connectivity index (χ1) is 15.3. The molecule has 32 heavy (non-hydrogen) atoms. The van der Waals surface area contributed by atoms with E-state index in [1.807, 2.05) is 19.1 Å². The highest BCUT2D eigenvalue weighted by molar-refractivity contribution is 7.92. The van der Waals surface area contributed by atoms with Crippen molar-refractivity contribution < 1.29 is 12.8 Å². The summed E-state index contributed by atoms with van der Waals surface area (Å²) >= 11 is 0. The van der Waals surface area contributed by atoms with Gasteiger partial charge in [0.15, 0.2) is 5.65 Å². The van der Waals surface area contributed by atoms with Crippen LogP contribution in [0, 0.1) is 12.7 Å². The average molecular weight is 447 g/mol. The van der Waals surface area contributed by atoms with Gasteiger partial charge >= 0.3 is 0 Å². The molecule has 0 radical (unpaired) electrons. The van der Waals surface area contributed by atoms with E-state index in [0.717, 1.165) is 11.1 Å². The molecule has 2 aromatic heterocycles. The summed E-state index contributed by atoms with van der Waals surface area (Å²) in [7, 11) is -3.97. The number of aromatic nitrogens is 3. The van der Waals surface area contributed by atoms with Gasteiger partial charge in [-0.15, -0.1) is 0 Å². The third-order valence-electron chi connectivity index (χ3n) is 5.40. The second-order valence-corrected chi connectivity index (χ2v) is 9.51. The predicted octanol–water partition coefficient (Wildman–Crippen LogP) is 4.50. The molecule has 0 unspecified atom stereocenters. The molecule has 160 valence electrons. The van der Waals surface area contributed by atoms with Crippen molar-refractivity contribution in [2.24, 2.45) is 0 Å². The van der Waals surface area contributed by atoms with Crippen molar-refractivity contribution in [1.29, 1.82) is 0 Å². The minimum atomic E-state index is -3.97. The predicted molar refractivity (Wildman–Crippen MR) is 122 cm³/mol. The lowest BCUT2D eigenvalue weighted by Crippen LogP contribution is -2.09. The smallest absolute Gasteiger partial charge is 0.212 e. The zero-order valence-corrected chi connectivity index (χ0v) is 18.0. The van der Waals surface area contributed by atoms with Crippen LogP contribution in [0.3, 0.4) is 0 Å².